The van der Waals surface area contributed by atoms with Crippen LogP contribution in [0.3, 0.4) is 0 Å². The van der Waals surface area contributed by atoms with Gasteiger partial charge in [0.05, 0.1) is 22.4 Å². The van der Waals surface area contributed by atoms with Crippen LogP contribution in [0.5, 0.6) is 5.75 Å². The van der Waals surface area contributed by atoms with Gasteiger partial charge in [0.1, 0.15) is 12.4 Å². The quantitative estimate of drug-likeness (QED) is 0.236. The molecule has 0 saturated carbocycles. The maximum Gasteiger partial charge on any atom is 0.252 e. The monoisotopic (exact) mass is 522 g/mol. The van der Waals surface area contributed by atoms with Crippen molar-refractivity contribution in [1.82, 2.24) is 20.1 Å². The van der Waals surface area contributed by atoms with E-state index in [4.69, 9.17) is 11.2 Å². The molecule has 1 saturated heterocycles. The SMILES string of the molecule is C#CCN1CC[C@@H](NS(=O)(=O)c2ccc(OCc3cc(C)nc4ccccc34)cc2)[C@](C)(C(=O)NO)C1. The first-order valence-corrected chi connectivity index (χ1v) is 13.4. The molecule has 1 aromatic heterocycles. The van der Waals surface area contributed by atoms with Gasteiger partial charge in [-0.2, -0.15) is 0 Å². The van der Waals surface area contributed by atoms with Crippen molar-refractivity contribution in [2.75, 3.05) is 19.6 Å². The van der Waals surface area contributed by atoms with E-state index in [9.17, 15) is 18.4 Å². The summed E-state index contributed by atoms with van der Waals surface area (Å²) >= 11 is 0. The molecule has 2 heterocycles. The van der Waals surface area contributed by atoms with Crippen molar-refractivity contribution >= 4 is 26.8 Å². The fraction of sp³-hybridized carbons (Fsp3) is 0.333. The highest BCUT2D eigenvalue weighted by Crippen LogP contribution is 2.32. The number of hydroxylamine groups is 1. The second-order valence-electron chi connectivity index (χ2n) is 9.44. The summed E-state index contributed by atoms with van der Waals surface area (Å²) < 4.78 is 35.0. The van der Waals surface area contributed by atoms with Gasteiger partial charge in [-0.1, -0.05) is 24.1 Å². The number of rotatable bonds is 8. The minimum Gasteiger partial charge on any atom is -0.489 e. The topological polar surface area (TPSA) is 121 Å². The fourth-order valence-corrected chi connectivity index (χ4v) is 6.12. The highest BCUT2D eigenvalue weighted by Gasteiger charge is 2.47. The predicted molar refractivity (Wildman–Crippen MR) is 139 cm³/mol. The molecule has 3 aromatic rings. The maximum atomic E-state index is 13.2. The zero-order valence-electron chi connectivity index (χ0n) is 20.8. The van der Waals surface area contributed by atoms with E-state index in [1.165, 1.54) is 12.1 Å². The van der Waals surface area contributed by atoms with E-state index in [-0.39, 0.29) is 11.4 Å². The van der Waals surface area contributed by atoms with Crippen LogP contribution in [-0.2, 0) is 21.4 Å². The zero-order chi connectivity index (χ0) is 26.6. The third-order valence-corrected chi connectivity index (χ3v) is 8.23. The molecule has 2 aromatic carbocycles. The number of aromatic nitrogens is 1. The van der Waals surface area contributed by atoms with Gasteiger partial charge in [-0.15, -0.1) is 6.42 Å². The van der Waals surface area contributed by atoms with Crippen LogP contribution in [0.25, 0.3) is 10.9 Å². The number of likely N-dealkylation sites (tertiary alicyclic amines) is 1. The summed E-state index contributed by atoms with van der Waals surface area (Å²) in [5.41, 5.74) is 3.21. The lowest BCUT2D eigenvalue weighted by Crippen LogP contribution is -2.62. The number of aryl methyl sites for hydroxylation is 1. The number of hydrogen-bond acceptors (Lipinski definition) is 7. The third kappa shape index (κ3) is 5.76. The van der Waals surface area contributed by atoms with Crippen molar-refractivity contribution in [2.45, 2.75) is 37.8 Å². The Morgan fingerprint density at radius 3 is 2.70 bits per heavy atom. The van der Waals surface area contributed by atoms with E-state index >= 15 is 0 Å². The number of piperidine rings is 1. The molecule has 1 aliphatic heterocycles. The van der Waals surface area contributed by atoms with E-state index in [0.717, 1.165) is 22.2 Å². The van der Waals surface area contributed by atoms with Gasteiger partial charge < -0.3 is 4.74 Å². The number of ether oxygens (including phenoxy) is 1. The number of carbonyl (C=O) groups is 1. The minimum absolute atomic E-state index is 0.0443. The van der Waals surface area contributed by atoms with Crippen LogP contribution in [0.4, 0.5) is 0 Å². The molecule has 194 valence electrons. The molecular formula is C27H30N4O5S. The fourth-order valence-electron chi connectivity index (χ4n) is 4.74. The number of nitrogens with one attached hydrogen (secondary N) is 2. The molecule has 1 fully saturated rings. The van der Waals surface area contributed by atoms with Gasteiger partial charge in [0.25, 0.3) is 5.91 Å². The summed E-state index contributed by atoms with van der Waals surface area (Å²) in [7, 11) is -3.96. The summed E-state index contributed by atoms with van der Waals surface area (Å²) in [6.45, 7) is 4.88. The number of fused-ring (bicyclic) bond motifs is 1. The van der Waals surface area contributed by atoms with Gasteiger partial charge >= 0.3 is 0 Å². The summed E-state index contributed by atoms with van der Waals surface area (Å²) in [6, 6.07) is 15.2. The van der Waals surface area contributed by atoms with E-state index in [2.05, 4.69) is 15.6 Å². The molecule has 0 aliphatic carbocycles. The van der Waals surface area contributed by atoms with Crippen LogP contribution >= 0.6 is 0 Å². The van der Waals surface area contributed by atoms with Crippen LogP contribution < -0.4 is 14.9 Å². The van der Waals surface area contributed by atoms with Gasteiger partial charge in [-0.05, 0) is 56.7 Å². The van der Waals surface area contributed by atoms with E-state index in [1.807, 2.05) is 42.2 Å². The van der Waals surface area contributed by atoms with Crippen LogP contribution in [0.2, 0.25) is 0 Å². The standard InChI is InChI=1S/C27H30N4O5S/c1-4-14-31-15-13-25(27(3,18-31)26(32)29-33)30-37(34,35)22-11-9-21(10-12-22)36-17-20-16-19(2)28-24-8-6-5-7-23(20)24/h1,5-12,16,25,30,33H,13-15,17-18H2,2-3H3,(H,29,32)/t25-,27-/m1/s1. The molecule has 0 radical (unpaired) electrons. The Kier molecular flexibility index (Phi) is 7.80. The van der Waals surface area contributed by atoms with Crippen molar-refractivity contribution < 1.29 is 23.2 Å². The molecular weight excluding hydrogens is 492 g/mol. The highest BCUT2D eigenvalue weighted by atomic mass is 32.2. The molecule has 0 spiro atoms. The Morgan fingerprint density at radius 2 is 2.00 bits per heavy atom. The molecule has 1 amide bonds. The third-order valence-electron chi connectivity index (χ3n) is 6.75. The number of sulfonamides is 1. The number of pyridine rings is 1. The van der Waals surface area contributed by atoms with E-state index in [1.54, 1.807) is 24.5 Å². The first-order valence-electron chi connectivity index (χ1n) is 11.9. The van der Waals surface area contributed by atoms with Crippen LogP contribution in [0.1, 0.15) is 24.6 Å². The van der Waals surface area contributed by atoms with Crippen LogP contribution in [0, 0.1) is 24.7 Å². The molecule has 37 heavy (non-hydrogen) atoms. The molecule has 4 rings (SSSR count). The zero-order valence-corrected chi connectivity index (χ0v) is 21.6. The van der Waals surface area contributed by atoms with Gasteiger partial charge in [0.15, 0.2) is 0 Å². The largest absolute Gasteiger partial charge is 0.489 e. The lowest BCUT2D eigenvalue weighted by Gasteiger charge is -2.44. The summed E-state index contributed by atoms with van der Waals surface area (Å²) in [5.74, 6) is 2.38. The van der Waals surface area contributed by atoms with Crippen molar-refractivity contribution in [3.05, 3.63) is 65.9 Å². The van der Waals surface area contributed by atoms with Crippen LogP contribution in [-0.4, -0.2) is 55.1 Å². The van der Waals surface area contributed by atoms with Crippen molar-refractivity contribution in [1.29, 1.82) is 0 Å². The number of benzene rings is 2. The Balaban J connectivity index is 1.47. The van der Waals surface area contributed by atoms with Crippen LogP contribution in [0.15, 0.2) is 59.5 Å². The van der Waals surface area contributed by atoms with Crippen molar-refractivity contribution in [2.24, 2.45) is 5.41 Å². The van der Waals surface area contributed by atoms with Gasteiger partial charge in [0, 0.05) is 35.8 Å². The van der Waals surface area contributed by atoms with Crippen molar-refractivity contribution in [3.63, 3.8) is 0 Å². The number of nitrogens with zero attached hydrogens (tertiary/aromatic N) is 2. The smallest absolute Gasteiger partial charge is 0.252 e. The Hall–Kier alpha value is -3.49. The Bertz CT molecular complexity index is 1440. The molecule has 9 nitrogen and oxygen atoms in total. The Labute approximate surface area is 216 Å². The number of carbonyl (C=O) groups excluding carboxylic acids is 1. The predicted octanol–water partition coefficient (Wildman–Crippen LogP) is 2.62. The lowest BCUT2D eigenvalue weighted by atomic mass is 9.77. The first kappa shape index (κ1) is 26.6. The molecule has 10 heteroatoms. The minimum atomic E-state index is -3.96. The average Bonchev–Trinajstić information content (AvgIpc) is 2.88. The van der Waals surface area contributed by atoms with E-state index in [0.29, 0.717) is 31.9 Å². The number of amides is 1. The normalized spacial score (nSPS) is 20.3. The summed E-state index contributed by atoms with van der Waals surface area (Å²) in [5, 5.41) is 10.3. The number of terminal acetylenes is 1. The van der Waals surface area contributed by atoms with Gasteiger partial charge in [-0.25, -0.2) is 18.6 Å². The lowest BCUT2D eigenvalue weighted by molar-refractivity contribution is -0.143. The van der Waals surface area contributed by atoms with Gasteiger partial charge in [-0.3, -0.25) is 19.9 Å². The molecule has 2 atom stereocenters. The second-order valence-corrected chi connectivity index (χ2v) is 11.1. The summed E-state index contributed by atoms with van der Waals surface area (Å²) in [4.78, 5) is 19.0. The number of hydrogen-bond donors (Lipinski definition) is 3. The number of para-hydroxylation sites is 1. The molecule has 0 unspecified atom stereocenters. The average molecular weight is 523 g/mol. The Morgan fingerprint density at radius 1 is 1.27 bits per heavy atom. The molecule has 3 N–H and O–H groups in total. The van der Waals surface area contributed by atoms with Crippen molar-refractivity contribution in [3.8, 4) is 18.1 Å². The van der Waals surface area contributed by atoms with E-state index < -0.39 is 27.4 Å². The molecule has 1 aliphatic rings. The maximum absolute atomic E-state index is 13.2. The van der Waals surface area contributed by atoms with Gasteiger partial charge in [0.2, 0.25) is 10.0 Å². The highest BCUT2D eigenvalue weighted by molar-refractivity contribution is 7.89. The molecule has 0 bridgehead atoms. The first-order chi connectivity index (χ1) is 17.7. The second kappa shape index (κ2) is 10.9. The summed E-state index contributed by atoms with van der Waals surface area (Å²) in [6.07, 6.45) is 5.75.